The largest absolute Gasteiger partial charge is 0.361 e. The molecule has 134 valence electrons. The van der Waals surface area contributed by atoms with Crippen molar-refractivity contribution in [2.75, 3.05) is 5.32 Å². The number of aromatic nitrogens is 3. The zero-order chi connectivity index (χ0) is 18.8. The lowest BCUT2D eigenvalue weighted by atomic mass is 10.1. The molecule has 6 nitrogen and oxygen atoms in total. The van der Waals surface area contributed by atoms with E-state index in [0.29, 0.717) is 22.0 Å². The van der Waals surface area contributed by atoms with Crippen LogP contribution in [0.3, 0.4) is 0 Å². The molecule has 4 rings (SSSR count). The van der Waals surface area contributed by atoms with E-state index >= 15 is 0 Å². The van der Waals surface area contributed by atoms with Crippen molar-refractivity contribution in [1.29, 1.82) is 0 Å². The minimum Gasteiger partial charge on any atom is -0.361 e. The van der Waals surface area contributed by atoms with Crippen LogP contribution in [0.15, 0.2) is 71.7 Å². The van der Waals surface area contributed by atoms with Gasteiger partial charge in [0.25, 0.3) is 5.56 Å². The highest BCUT2D eigenvalue weighted by Gasteiger charge is 2.10. The van der Waals surface area contributed by atoms with Gasteiger partial charge in [0.05, 0.1) is 10.7 Å². The van der Waals surface area contributed by atoms with Crippen LogP contribution in [0.1, 0.15) is 0 Å². The SMILES string of the molecule is O=C(Cn1nc(-c2ccccc2Cl)ccc1=O)Nc1ccc2[nH]ccc2c1. The first-order valence-corrected chi connectivity index (χ1v) is 8.68. The minimum absolute atomic E-state index is 0.192. The highest BCUT2D eigenvalue weighted by atomic mass is 35.5. The number of fused-ring (bicyclic) bond motifs is 1. The summed E-state index contributed by atoms with van der Waals surface area (Å²) in [5.74, 6) is -0.337. The Morgan fingerprint density at radius 1 is 1.11 bits per heavy atom. The van der Waals surface area contributed by atoms with E-state index in [1.165, 1.54) is 6.07 Å². The topological polar surface area (TPSA) is 79.8 Å². The molecule has 2 aromatic carbocycles. The Hall–Kier alpha value is -3.38. The van der Waals surface area contributed by atoms with E-state index in [4.69, 9.17) is 11.6 Å². The quantitative estimate of drug-likeness (QED) is 0.568. The van der Waals surface area contributed by atoms with Gasteiger partial charge in [-0.05, 0) is 36.4 Å². The second kappa shape index (κ2) is 7.09. The molecule has 7 heteroatoms. The lowest BCUT2D eigenvalue weighted by Crippen LogP contribution is -2.29. The molecule has 0 aliphatic heterocycles. The summed E-state index contributed by atoms with van der Waals surface area (Å²) >= 11 is 6.19. The molecule has 0 spiro atoms. The Morgan fingerprint density at radius 3 is 2.81 bits per heavy atom. The average Bonchev–Trinajstić information content (AvgIpc) is 3.12. The van der Waals surface area contributed by atoms with Crippen molar-refractivity contribution in [2.24, 2.45) is 0 Å². The van der Waals surface area contributed by atoms with Crippen molar-refractivity contribution in [3.05, 3.63) is 82.2 Å². The third-order valence-electron chi connectivity index (χ3n) is 4.15. The number of nitrogens with one attached hydrogen (secondary N) is 2. The summed E-state index contributed by atoms with van der Waals surface area (Å²) in [6, 6.07) is 17.6. The smallest absolute Gasteiger partial charge is 0.267 e. The number of amides is 1. The first kappa shape index (κ1) is 17.1. The van der Waals surface area contributed by atoms with Gasteiger partial charge in [0.15, 0.2) is 0 Å². The fourth-order valence-corrected chi connectivity index (χ4v) is 3.07. The average molecular weight is 379 g/mol. The molecule has 0 unspecified atom stereocenters. The van der Waals surface area contributed by atoms with E-state index in [0.717, 1.165) is 15.6 Å². The van der Waals surface area contributed by atoms with Crippen LogP contribution in [0, 0.1) is 0 Å². The molecule has 4 aromatic rings. The van der Waals surface area contributed by atoms with Crippen LogP contribution < -0.4 is 10.9 Å². The Kier molecular flexibility index (Phi) is 4.48. The Bertz CT molecular complexity index is 1200. The monoisotopic (exact) mass is 378 g/mol. The maximum atomic E-state index is 12.4. The standard InChI is InChI=1S/C20H15ClN4O2/c21-16-4-2-1-3-15(16)18-7-8-20(27)25(24-18)12-19(26)23-14-5-6-17-13(11-14)9-10-22-17/h1-11,22H,12H2,(H,23,26). The van der Waals surface area contributed by atoms with Crippen LogP contribution in [0.2, 0.25) is 5.02 Å². The first-order chi connectivity index (χ1) is 13.1. The summed E-state index contributed by atoms with van der Waals surface area (Å²) in [4.78, 5) is 27.6. The van der Waals surface area contributed by atoms with Gasteiger partial charge in [-0.3, -0.25) is 9.59 Å². The molecule has 1 amide bonds. The van der Waals surface area contributed by atoms with Crippen LogP contribution in [0.25, 0.3) is 22.2 Å². The fourth-order valence-electron chi connectivity index (χ4n) is 2.84. The maximum absolute atomic E-state index is 12.4. The van der Waals surface area contributed by atoms with E-state index in [9.17, 15) is 9.59 Å². The number of hydrogen-bond acceptors (Lipinski definition) is 3. The van der Waals surface area contributed by atoms with E-state index in [-0.39, 0.29) is 18.0 Å². The van der Waals surface area contributed by atoms with Gasteiger partial charge in [-0.25, -0.2) is 4.68 Å². The van der Waals surface area contributed by atoms with E-state index in [1.807, 2.05) is 42.6 Å². The van der Waals surface area contributed by atoms with Gasteiger partial charge < -0.3 is 10.3 Å². The number of carbonyl (C=O) groups excluding carboxylic acids is 1. The van der Waals surface area contributed by atoms with Crippen molar-refractivity contribution >= 4 is 34.1 Å². The number of carbonyl (C=O) groups is 1. The Balaban J connectivity index is 1.56. The van der Waals surface area contributed by atoms with Gasteiger partial charge in [0, 0.05) is 34.4 Å². The number of benzene rings is 2. The number of rotatable bonds is 4. The molecule has 0 fully saturated rings. The molecule has 2 aromatic heterocycles. The van der Waals surface area contributed by atoms with Gasteiger partial charge in [0.1, 0.15) is 6.54 Å². The summed E-state index contributed by atoms with van der Waals surface area (Å²) in [6.07, 6.45) is 1.83. The van der Waals surface area contributed by atoms with Crippen LogP contribution in [-0.4, -0.2) is 20.7 Å². The molecule has 0 saturated carbocycles. The van der Waals surface area contributed by atoms with E-state index in [1.54, 1.807) is 18.2 Å². The van der Waals surface area contributed by atoms with Crippen LogP contribution >= 0.6 is 11.6 Å². The molecule has 2 N–H and O–H groups in total. The number of H-pyrrole nitrogens is 1. The summed E-state index contributed by atoms with van der Waals surface area (Å²) in [6.45, 7) is -0.192. The molecule has 0 saturated heterocycles. The Morgan fingerprint density at radius 2 is 1.96 bits per heavy atom. The van der Waals surface area contributed by atoms with E-state index in [2.05, 4.69) is 15.4 Å². The minimum atomic E-state index is -0.359. The zero-order valence-corrected chi connectivity index (χ0v) is 14.9. The zero-order valence-electron chi connectivity index (χ0n) is 14.1. The van der Waals surface area contributed by atoms with Crippen molar-refractivity contribution in [1.82, 2.24) is 14.8 Å². The van der Waals surface area contributed by atoms with Crippen molar-refractivity contribution < 1.29 is 4.79 Å². The van der Waals surface area contributed by atoms with E-state index < -0.39 is 0 Å². The second-order valence-electron chi connectivity index (χ2n) is 6.02. The van der Waals surface area contributed by atoms with Gasteiger partial charge in [0.2, 0.25) is 5.91 Å². The number of anilines is 1. The number of halogens is 1. The fraction of sp³-hybridized carbons (Fsp3) is 0.0500. The third-order valence-corrected chi connectivity index (χ3v) is 4.48. The molecule has 27 heavy (non-hydrogen) atoms. The molecule has 0 aliphatic rings. The first-order valence-electron chi connectivity index (χ1n) is 8.30. The van der Waals surface area contributed by atoms with Crippen LogP contribution in [-0.2, 0) is 11.3 Å². The normalized spacial score (nSPS) is 10.9. The molecular formula is C20H15ClN4O2. The predicted octanol–water partition coefficient (Wildman–Crippen LogP) is 3.68. The van der Waals surface area contributed by atoms with Crippen molar-refractivity contribution in [3.63, 3.8) is 0 Å². The van der Waals surface area contributed by atoms with Crippen molar-refractivity contribution in [2.45, 2.75) is 6.54 Å². The molecule has 0 atom stereocenters. The maximum Gasteiger partial charge on any atom is 0.267 e. The summed E-state index contributed by atoms with van der Waals surface area (Å²) in [5, 5.41) is 8.59. The summed E-state index contributed by atoms with van der Waals surface area (Å²) in [5.41, 5.74) is 2.51. The molecular weight excluding hydrogens is 364 g/mol. The molecule has 0 aliphatic carbocycles. The number of aromatic amines is 1. The van der Waals surface area contributed by atoms with Gasteiger partial charge in [-0.15, -0.1) is 0 Å². The van der Waals surface area contributed by atoms with Crippen molar-refractivity contribution in [3.8, 4) is 11.3 Å². The second-order valence-corrected chi connectivity index (χ2v) is 6.43. The van der Waals surface area contributed by atoms with Gasteiger partial charge >= 0.3 is 0 Å². The number of nitrogens with zero attached hydrogens (tertiary/aromatic N) is 2. The molecule has 2 heterocycles. The van der Waals surface area contributed by atoms with Crippen LogP contribution in [0.4, 0.5) is 5.69 Å². The summed E-state index contributed by atoms with van der Waals surface area (Å²) in [7, 11) is 0. The summed E-state index contributed by atoms with van der Waals surface area (Å²) < 4.78 is 1.13. The lowest BCUT2D eigenvalue weighted by molar-refractivity contribution is -0.117. The number of hydrogen-bond donors (Lipinski definition) is 2. The highest BCUT2D eigenvalue weighted by molar-refractivity contribution is 6.33. The Labute approximate surface area is 159 Å². The molecule has 0 bridgehead atoms. The van der Waals surface area contributed by atoms with Gasteiger partial charge in [-0.2, -0.15) is 5.10 Å². The predicted molar refractivity (Wildman–Crippen MR) is 106 cm³/mol. The third kappa shape index (κ3) is 3.61. The highest BCUT2D eigenvalue weighted by Crippen LogP contribution is 2.24. The molecule has 0 radical (unpaired) electrons. The van der Waals surface area contributed by atoms with Gasteiger partial charge in [-0.1, -0.05) is 29.8 Å². The van der Waals surface area contributed by atoms with Crippen LogP contribution in [0.5, 0.6) is 0 Å². The lowest BCUT2D eigenvalue weighted by Gasteiger charge is -2.09.